The fraction of sp³-hybridized carbons (Fsp3) is 0.250. The SMILES string of the molecule is Cc1nonc1COC(=O)c1cccc(N)c1C. The van der Waals surface area contributed by atoms with Gasteiger partial charge in [-0.15, -0.1) is 0 Å². The lowest BCUT2D eigenvalue weighted by Gasteiger charge is -2.07. The summed E-state index contributed by atoms with van der Waals surface area (Å²) in [6.07, 6.45) is 0. The summed E-state index contributed by atoms with van der Waals surface area (Å²) in [5.41, 5.74) is 8.55. The van der Waals surface area contributed by atoms with Gasteiger partial charge < -0.3 is 10.5 Å². The third-order valence-corrected chi connectivity index (χ3v) is 2.68. The standard InChI is InChI=1S/C12H13N3O3/c1-7-9(4-3-5-10(7)13)12(16)17-6-11-8(2)14-18-15-11/h3-5H,6,13H2,1-2H3. The Labute approximate surface area is 104 Å². The van der Waals surface area contributed by atoms with Crippen LogP contribution >= 0.6 is 0 Å². The largest absolute Gasteiger partial charge is 0.455 e. The van der Waals surface area contributed by atoms with E-state index in [0.29, 0.717) is 28.2 Å². The van der Waals surface area contributed by atoms with Gasteiger partial charge in [-0.05, 0) is 31.5 Å². The quantitative estimate of drug-likeness (QED) is 0.654. The minimum absolute atomic E-state index is 0.0302. The van der Waals surface area contributed by atoms with Crippen molar-refractivity contribution in [3.63, 3.8) is 0 Å². The number of nitrogens with zero attached hydrogens (tertiary/aromatic N) is 2. The molecule has 2 rings (SSSR count). The predicted octanol–water partition coefficient (Wildman–Crippen LogP) is 1.63. The highest BCUT2D eigenvalue weighted by Gasteiger charge is 2.14. The van der Waals surface area contributed by atoms with Crippen molar-refractivity contribution >= 4 is 11.7 Å². The number of hydrogen-bond donors (Lipinski definition) is 1. The number of aromatic nitrogens is 2. The number of carbonyl (C=O) groups excluding carboxylic acids is 1. The van der Waals surface area contributed by atoms with E-state index in [0.717, 1.165) is 0 Å². The molecule has 2 N–H and O–H groups in total. The Bertz CT molecular complexity index is 578. The van der Waals surface area contributed by atoms with Gasteiger partial charge in [0.05, 0.1) is 5.56 Å². The minimum atomic E-state index is -0.442. The Balaban J connectivity index is 2.09. The number of anilines is 1. The number of esters is 1. The number of nitrogens with two attached hydrogens (primary N) is 1. The van der Waals surface area contributed by atoms with Gasteiger partial charge in [0.2, 0.25) is 0 Å². The average molecular weight is 247 g/mol. The van der Waals surface area contributed by atoms with Crippen LogP contribution in [0.4, 0.5) is 5.69 Å². The van der Waals surface area contributed by atoms with Crippen molar-refractivity contribution in [2.45, 2.75) is 20.5 Å². The zero-order valence-corrected chi connectivity index (χ0v) is 10.1. The summed E-state index contributed by atoms with van der Waals surface area (Å²) in [4.78, 5) is 11.9. The van der Waals surface area contributed by atoms with E-state index in [2.05, 4.69) is 14.9 Å². The van der Waals surface area contributed by atoms with Crippen molar-refractivity contribution in [1.29, 1.82) is 0 Å². The van der Waals surface area contributed by atoms with E-state index in [1.165, 1.54) is 0 Å². The Morgan fingerprint density at radius 2 is 2.17 bits per heavy atom. The molecule has 0 spiro atoms. The predicted molar refractivity (Wildman–Crippen MR) is 63.7 cm³/mol. The summed E-state index contributed by atoms with van der Waals surface area (Å²) in [6.45, 7) is 3.53. The third kappa shape index (κ3) is 2.32. The molecule has 0 bridgehead atoms. The fourth-order valence-electron chi connectivity index (χ4n) is 1.47. The summed E-state index contributed by atoms with van der Waals surface area (Å²) in [5.74, 6) is -0.442. The molecule has 2 aromatic rings. The number of nitrogen functional groups attached to an aromatic ring is 1. The van der Waals surface area contributed by atoms with Crippen molar-refractivity contribution in [3.05, 3.63) is 40.7 Å². The normalized spacial score (nSPS) is 10.3. The number of hydrogen-bond acceptors (Lipinski definition) is 6. The van der Waals surface area contributed by atoms with Crippen molar-refractivity contribution in [3.8, 4) is 0 Å². The molecule has 0 fully saturated rings. The summed E-state index contributed by atoms with van der Waals surface area (Å²) in [7, 11) is 0. The highest BCUT2D eigenvalue weighted by Crippen LogP contribution is 2.17. The van der Waals surface area contributed by atoms with Crippen LogP contribution in [0.5, 0.6) is 0 Å². The lowest BCUT2D eigenvalue weighted by atomic mass is 10.1. The topological polar surface area (TPSA) is 91.2 Å². The molecule has 0 amide bonds. The molecule has 1 aromatic heterocycles. The van der Waals surface area contributed by atoms with Crippen molar-refractivity contribution < 1.29 is 14.2 Å². The van der Waals surface area contributed by atoms with Gasteiger partial charge in [-0.25, -0.2) is 9.42 Å². The highest BCUT2D eigenvalue weighted by molar-refractivity contribution is 5.92. The maximum atomic E-state index is 11.9. The van der Waals surface area contributed by atoms with E-state index in [1.54, 1.807) is 32.0 Å². The van der Waals surface area contributed by atoms with Crippen LogP contribution in [0.1, 0.15) is 27.3 Å². The molecule has 94 valence electrons. The van der Waals surface area contributed by atoms with E-state index in [4.69, 9.17) is 10.5 Å². The molecule has 1 aromatic carbocycles. The van der Waals surface area contributed by atoms with Gasteiger partial charge in [-0.2, -0.15) is 0 Å². The molecule has 18 heavy (non-hydrogen) atoms. The zero-order valence-electron chi connectivity index (χ0n) is 10.1. The van der Waals surface area contributed by atoms with Crippen LogP contribution in [0, 0.1) is 13.8 Å². The molecule has 0 saturated heterocycles. The maximum Gasteiger partial charge on any atom is 0.338 e. The number of rotatable bonds is 3. The smallest absolute Gasteiger partial charge is 0.338 e. The molecular formula is C12H13N3O3. The monoisotopic (exact) mass is 247 g/mol. The second-order valence-corrected chi connectivity index (χ2v) is 3.89. The Morgan fingerprint density at radius 1 is 1.39 bits per heavy atom. The lowest BCUT2D eigenvalue weighted by molar-refractivity contribution is 0.0462. The highest BCUT2D eigenvalue weighted by atomic mass is 16.6. The number of ether oxygens (including phenoxy) is 1. The van der Waals surface area contributed by atoms with Crippen LogP contribution in [0.25, 0.3) is 0 Å². The van der Waals surface area contributed by atoms with Gasteiger partial charge >= 0.3 is 5.97 Å². The van der Waals surface area contributed by atoms with E-state index in [1.807, 2.05) is 0 Å². The second-order valence-electron chi connectivity index (χ2n) is 3.89. The molecule has 1 heterocycles. The first-order valence-corrected chi connectivity index (χ1v) is 5.40. The summed E-state index contributed by atoms with van der Waals surface area (Å²) >= 11 is 0. The van der Waals surface area contributed by atoms with Gasteiger partial charge in [0.15, 0.2) is 0 Å². The van der Waals surface area contributed by atoms with E-state index >= 15 is 0 Å². The molecule has 0 aliphatic carbocycles. The minimum Gasteiger partial charge on any atom is -0.455 e. The molecule has 6 nitrogen and oxygen atoms in total. The zero-order chi connectivity index (χ0) is 13.1. The maximum absolute atomic E-state index is 11.9. The first-order valence-electron chi connectivity index (χ1n) is 5.40. The van der Waals surface area contributed by atoms with Gasteiger partial charge in [-0.3, -0.25) is 0 Å². The van der Waals surface area contributed by atoms with Crippen molar-refractivity contribution in [1.82, 2.24) is 10.3 Å². The number of carbonyl (C=O) groups is 1. The van der Waals surface area contributed by atoms with Gasteiger partial charge in [0, 0.05) is 5.69 Å². The average Bonchev–Trinajstić information content (AvgIpc) is 2.75. The van der Waals surface area contributed by atoms with E-state index in [9.17, 15) is 4.79 Å². The van der Waals surface area contributed by atoms with Crippen LogP contribution in [-0.2, 0) is 11.3 Å². The van der Waals surface area contributed by atoms with E-state index in [-0.39, 0.29) is 6.61 Å². The molecule has 6 heteroatoms. The molecule has 0 saturated carbocycles. The summed E-state index contributed by atoms with van der Waals surface area (Å²) < 4.78 is 9.65. The Kier molecular flexibility index (Phi) is 3.27. The van der Waals surface area contributed by atoms with Crippen LogP contribution in [0.2, 0.25) is 0 Å². The lowest BCUT2D eigenvalue weighted by Crippen LogP contribution is -2.09. The Hall–Kier alpha value is -2.37. The Morgan fingerprint density at radius 3 is 2.83 bits per heavy atom. The molecule has 0 aliphatic heterocycles. The summed E-state index contributed by atoms with van der Waals surface area (Å²) in [6, 6.07) is 5.11. The molecule has 0 radical (unpaired) electrons. The molecular weight excluding hydrogens is 234 g/mol. The van der Waals surface area contributed by atoms with Gasteiger partial charge in [0.1, 0.15) is 18.0 Å². The summed E-state index contributed by atoms with van der Waals surface area (Å²) in [5, 5.41) is 7.23. The van der Waals surface area contributed by atoms with Crippen LogP contribution in [-0.4, -0.2) is 16.3 Å². The second kappa shape index (κ2) is 4.87. The fourth-order valence-corrected chi connectivity index (χ4v) is 1.47. The van der Waals surface area contributed by atoms with Crippen LogP contribution in [0.3, 0.4) is 0 Å². The van der Waals surface area contributed by atoms with Gasteiger partial charge in [0.25, 0.3) is 0 Å². The molecule has 0 aliphatic rings. The van der Waals surface area contributed by atoms with Crippen molar-refractivity contribution in [2.24, 2.45) is 0 Å². The first-order chi connectivity index (χ1) is 8.59. The number of aryl methyl sites for hydroxylation is 1. The van der Waals surface area contributed by atoms with Crippen LogP contribution < -0.4 is 5.73 Å². The van der Waals surface area contributed by atoms with Crippen LogP contribution in [0.15, 0.2) is 22.8 Å². The van der Waals surface area contributed by atoms with E-state index < -0.39 is 5.97 Å². The first kappa shape index (κ1) is 12.1. The number of benzene rings is 1. The van der Waals surface area contributed by atoms with Gasteiger partial charge in [-0.1, -0.05) is 16.4 Å². The third-order valence-electron chi connectivity index (χ3n) is 2.68. The molecule has 0 atom stereocenters. The molecule has 0 unspecified atom stereocenters. The van der Waals surface area contributed by atoms with Crippen molar-refractivity contribution in [2.75, 3.05) is 5.73 Å².